The highest BCUT2D eigenvalue weighted by molar-refractivity contribution is 7.91. The van der Waals surface area contributed by atoms with Crippen LogP contribution < -0.4 is 4.74 Å². The molecule has 0 saturated carbocycles. The van der Waals surface area contributed by atoms with Gasteiger partial charge < -0.3 is 9.84 Å². The summed E-state index contributed by atoms with van der Waals surface area (Å²) < 4.78 is 31.1. The van der Waals surface area contributed by atoms with Crippen LogP contribution in [-0.4, -0.2) is 26.4 Å². The number of hydrogen-bond donors (Lipinski definition) is 1. The van der Waals surface area contributed by atoms with Crippen molar-refractivity contribution in [3.63, 3.8) is 0 Å². The van der Waals surface area contributed by atoms with Gasteiger partial charge in [-0.15, -0.1) is 0 Å². The lowest BCUT2D eigenvalue weighted by Gasteiger charge is -2.29. The second-order valence-electron chi connectivity index (χ2n) is 6.03. The summed E-state index contributed by atoms with van der Waals surface area (Å²) in [5, 5.41) is 11.4. The molecule has 3 aromatic rings. The van der Waals surface area contributed by atoms with Gasteiger partial charge >= 0.3 is 0 Å². The van der Waals surface area contributed by atoms with Gasteiger partial charge in [0.2, 0.25) is 0 Å². The Kier molecular flexibility index (Phi) is 5.11. The Morgan fingerprint density at radius 3 is 1.69 bits per heavy atom. The molecule has 0 bridgehead atoms. The van der Waals surface area contributed by atoms with Gasteiger partial charge in [-0.3, -0.25) is 0 Å². The number of hydrogen-bond acceptors (Lipinski definition) is 4. The predicted octanol–water partition coefficient (Wildman–Crippen LogP) is 3.41. The number of methoxy groups -OCH3 is 1. The highest BCUT2D eigenvalue weighted by Gasteiger charge is 2.37. The molecule has 0 fully saturated rings. The molecule has 4 nitrogen and oxygen atoms in total. The summed E-state index contributed by atoms with van der Waals surface area (Å²) in [6, 6.07) is 23.9. The topological polar surface area (TPSA) is 63.6 Å². The van der Waals surface area contributed by atoms with Gasteiger partial charge in [0.25, 0.3) is 0 Å². The second kappa shape index (κ2) is 7.32. The van der Waals surface area contributed by atoms with E-state index in [9.17, 15) is 13.5 Å². The minimum absolute atomic E-state index is 0.142. The van der Waals surface area contributed by atoms with Crippen LogP contribution in [0.2, 0.25) is 0 Å². The molecule has 0 aliphatic heterocycles. The highest BCUT2D eigenvalue weighted by atomic mass is 32.2. The zero-order valence-corrected chi connectivity index (χ0v) is 15.2. The number of sulfone groups is 1. The molecular formula is C21H20O4S. The lowest BCUT2D eigenvalue weighted by Crippen LogP contribution is -2.35. The molecule has 3 aromatic carbocycles. The first-order valence-corrected chi connectivity index (χ1v) is 9.81. The Morgan fingerprint density at radius 1 is 0.808 bits per heavy atom. The van der Waals surface area contributed by atoms with Crippen LogP contribution in [0.25, 0.3) is 0 Å². The van der Waals surface area contributed by atoms with Crippen LogP contribution in [0.1, 0.15) is 11.1 Å². The number of rotatable bonds is 6. The third kappa shape index (κ3) is 3.64. The van der Waals surface area contributed by atoms with E-state index in [0.717, 1.165) is 0 Å². The fourth-order valence-electron chi connectivity index (χ4n) is 2.90. The van der Waals surface area contributed by atoms with Gasteiger partial charge in [-0.25, -0.2) is 8.42 Å². The molecule has 0 aliphatic rings. The normalized spacial score (nSPS) is 11.9. The molecule has 134 valence electrons. The van der Waals surface area contributed by atoms with Crippen molar-refractivity contribution in [1.29, 1.82) is 0 Å². The van der Waals surface area contributed by atoms with Gasteiger partial charge in [-0.2, -0.15) is 0 Å². The van der Waals surface area contributed by atoms with Crippen LogP contribution in [0.3, 0.4) is 0 Å². The monoisotopic (exact) mass is 368 g/mol. The summed E-state index contributed by atoms with van der Waals surface area (Å²) in [4.78, 5) is 0.142. The van der Waals surface area contributed by atoms with Crippen molar-refractivity contribution in [2.75, 3.05) is 12.9 Å². The van der Waals surface area contributed by atoms with Gasteiger partial charge in [0.1, 0.15) is 11.4 Å². The van der Waals surface area contributed by atoms with Crippen LogP contribution in [-0.2, 0) is 15.4 Å². The maximum Gasteiger partial charge on any atom is 0.181 e. The number of ether oxygens (including phenoxy) is 1. The lowest BCUT2D eigenvalue weighted by atomic mass is 9.88. The first-order valence-electron chi connectivity index (χ1n) is 8.16. The summed E-state index contributed by atoms with van der Waals surface area (Å²) >= 11 is 0. The fourth-order valence-corrected chi connectivity index (χ4v) is 4.50. The van der Waals surface area contributed by atoms with E-state index in [1.165, 1.54) is 19.2 Å². The molecule has 3 rings (SSSR count). The zero-order valence-electron chi connectivity index (χ0n) is 14.4. The SMILES string of the molecule is COc1ccc(S(=O)(=O)CC(O)(c2ccccc2)c2ccccc2)cc1. The van der Waals surface area contributed by atoms with E-state index in [1.54, 1.807) is 60.7 Å². The molecule has 0 spiro atoms. The van der Waals surface area contributed by atoms with Gasteiger partial charge in [0, 0.05) is 0 Å². The lowest BCUT2D eigenvalue weighted by molar-refractivity contribution is 0.105. The standard InChI is InChI=1S/C21H20O4S/c1-25-19-12-14-20(15-13-19)26(23,24)16-21(22,17-8-4-2-5-9-17)18-10-6-3-7-11-18/h2-15,22H,16H2,1H3. The van der Waals surface area contributed by atoms with Gasteiger partial charge in [-0.05, 0) is 35.4 Å². The quantitative estimate of drug-likeness (QED) is 0.724. The summed E-state index contributed by atoms with van der Waals surface area (Å²) in [6.45, 7) is 0. The third-order valence-corrected chi connectivity index (χ3v) is 6.11. The Labute approximate surface area is 153 Å². The largest absolute Gasteiger partial charge is 0.497 e. The molecule has 0 unspecified atom stereocenters. The second-order valence-corrected chi connectivity index (χ2v) is 8.02. The van der Waals surface area contributed by atoms with E-state index in [-0.39, 0.29) is 4.90 Å². The van der Waals surface area contributed by atoms with Crippen LogP contribution >= 0.6 is 0 Å². The molecule has 0 radical (unpaired) electrons. The van der Waals surface area contributed by atoms with E-state index < -0.39 is 21.2 Å². The first-order chi connectivity index (χ1) is 12.5. The smallest absolute Gasteiger partial charge is 0.181 e. The van der Waals surface area contributed by atoms with E-state index in [2.05, 4.69) is 0 Å². The minimum Gasteiger partial charge on any atom is -0.497 e. The molecule has 26 heavy (non-hydrogen) atoms. The average molecular weight is 368 g/mol. The third-order valence-electron chi connectivity index (χ3n) is 4.32. The van der Waals surface area contributed by atoms with Crippen molar-refractivity contribution in [3.05, 3.63) is 96.1 Å². The van der Waals surface area contributed by atoms with Gasteiger partial charge in [0.15, 0.2) is 9.84 Å². The molecule has 0 aliphatic carbocycles. The summed E-state index contributed by atoms with van der Waals surface area (Å²) in [7, 11) is -2.22. The van der Waals surface area contributed by atoms with E-state index in [0.29, 0.717) is 16.9 Å². The van der Waals surface area contributed by atoms with E-state index in [4.69, 9.17) is 4.74 Å². The Balaban J connectivity index is 2.05. The summed E-state index contributed by atoms with van der Waals surface area (Å²) in [5.74, 6) is 0.116. The van der Waals surface area contributed by atoms with E-state index >= 15 is 0 Å². The Hall–Kier alpha value is -2.63. The summed E-state index contributed by atoms with van der Waals surface area (Å²) in [6.07, 6.45) is 0. The van der Waals surface area contributed by atoms with Crippen molar-refractivity contribution in [2.24, 2.45) is 0 Å². The zero-order chi connectivity index (χ0) is 18.6. The molecule has 5 heteroatoms. The van der Waals surface area contributed by atoms with Crippen molar-refractivity contribution in [3.8, 4) is 5.75 Å². The number of aliphatic hydroxyl groups is 1. The molecular weight excluding hydrogens is 348 g/mol. The van der Waals surface area contributed by atoms with Crippen LogP contribution in [0.4, 0.5) is 0 Å². The van der Waals surface area contributed by atoms with Crippen molar-refractivity contribution < 1.29 is 18.3 Å². The highest BCUT2D eigenvalue weighted by Crippen LogP contribution is 2.33. The molecule has 0 saturated heterocycles. The van der Waals surface area contributed by atoms with Gasteiger partial charge in [0.05, 0.1) is 17.8 Å². The first kappa shape index (κ1) is 18.2. The maximum absolute atomic E-state index is 13.0. The molecule has 0 heterocycles. The Morgan fingerprint density at radius 2 is 1.27 bits per heavy atom. The van der Waals surface area contributed by atoms with Crippen LogP contribution in [0.5, 0.6) is 5.75 Å². The predicted molar refractivity (Wildman–Crippen MR) is 101 cm³/mol. The van der Waals surface area contributed by atoms with Crippen LogP contribution in [0, 0.1) is 0 Å². The molecule has 0 amide bonds. The fraction of sp³-hybridized carbons (Fsp3) is 0.143. The average Bonchev–Trinajstić information content (AvgIpc) is 2.69. The minimum atomic E-state index is -3.74. The van der Waals surface area contributed by atoms with Crippen LogP contribution in [0.15, 0.2) is 89.8 Å². The van der Waals surface area contributed by atoms with Gasteiger partial charge in [-0.1, -0.05) is 60.7 Å². The molecule has 0 atom stereocenters. The van der Waals surface area contributed by atoms with Crippen molar-refractivity contribution in [1.82, 2.24) is 0 Å². The Bertz CT molecular complexity index is 910. The molecule has 1 N–H and O–H groups in total. The van der Waals surface area contributed by atoms with E-state index in [1.807, 2.05) is 12.1 Å². The molecule has 0 aromatic heterocycles. The van der Waals surface area contributed by atoms with Crippen molar-refractivity contribution in [2.45, 2.75) is 10.5 Å². The number of benzene rings is 3. The maximum atomic E-state index is 13.0. The summed E-state index contributed by atoms with van der Waals surface area (Å²) in [5.41, 5.74) is -0.590. The van der Waals surface area contributed by atoms with Crippen molar-refractivity contribution >= 4 is 9.84 Å².